The molecule has 0 saturated carbocycles. The predicted molar refractivity (Wildman–Crippen MR) is 117 cm³/mol. The SMILES string of the molecule is CN=C(NCCc1ccc(NC(C)=O)cc1)NCC(C)Oc1ccccc1OC. The average Bonchev–Trinajstić information content (AvgIpc) is 2.71. The smallest absolute Gasteiger partial charge is 0.221 e. The van der Waals surface area contributed by atoms with Crippen LogP contribution in [0.1, 0.15) is 19.4 Å². The van der Waals surface area contributed by atoms with Gasteiger partial charge in [0.05, 0.1) is 13.7 Å². The number of hydrogen-bond donors (Lipinski definition) is 3. The van der Waals surface area contributed by atoms with Crippen molar-refractivity contribution in [1.82, 2.24) is 10.6 Å². The van der Waals surface area contributed by atoms with Crippen molar-refractivity contribution < 1.29 is 14.3 Å². The summed E-state index contributed by atoms with van der Waals surface area (Å²) in [6.45, 7) is 4.83. The minimum absolute atomic E-state index is 0.0637. The number of amides is 1. The molecule has 7 heteroatoms. The standard InChI is InChI=1S/C22H30N4O3/c1-16(29-21-8-6-5-7-20(21)28-4)15-25-22(23-3)24-14-13-18-9-11-19(12-10-18)26-17(2)27/h5-12,16H,13-15H2,1-4H3,(H,26,27)(H2,23,24,25). The Labute approximate surface area is 172 Å². The van der Waals surface area contributed by atoms with Crippen molar-refractivity contribution in [3.8, 4) is 11.5 Å². The first-order valence-corrected chi connectivity index (χ1v) is 9.62. The van der Waals surface area contributed by atoms with Gasteiger partial charge in [-0.1, -0.05) is 24.3 Å². The number of aliphatic imine (C=N–C) groups is 1. The fraction of sp³-hybridized carbons (Fsp3) is 0.364. The number of anilines is 1. The summed E-state index contributed by atoms with van der Waals surface area (Å²) in [4.78, 5) is 15.3. The molecule has 1 amide bonds. The Bertz CT molecular complexity index is 806. The number of ether oxygens (including phenoxy) is 2. The third-order valence-electron chi connectivity index (χ3n) is 4.16. The molecule has 0 radical (unpaired) electrons. The molecule has 2 rings (SSSR count). The Balaban J connectivity index is 1.74. The minimum Gasteiger partial charge on any atom is -0.493 e. The van der Waals surface area contributed by atoms with Crippen molar-refractivity contribution in [3.63, 3.8) is 0 Å². The molecule has 0 saturated heterocycles. The number of benzene rings is 2. The number of guanidine groups is 1. The largest absolute Gasteiger partial charge is 0.493 e. The summed E-state index contributed by atoms with van der Waals surface area (Å²) in [6, 6.07) is 15.4. The highest BCUT2D eigenvalue weighted by atomic mass is 16.5. The van der Waals surface area contributed by atoms with E-state index in [1.807, 2.05) is 55.5 Å². The number of nitrogens with zero attached hydrogens (tertiary/aromatic N) is 1. The van der Waals surface area contributed by atoms with E-state index in [0.29, 0.717) is 12.3 Å². The number of carbonyl (C=O) groups excluding carboxylic acids is 1. The summed E-state index contributed by atoms with van der Waals surface area (Å²) < 4.78 is 11.3. The fourth-order valence-electron chi connectivity index (χ4n) is 2.72. The summed E-state index contributed by atoms with van der Waals surface area (Å²) in [5.41, 5.74) is 1.98. The van der Waals surface area contributed by atoms with Crippen molar-refractivity contribution in [2.45, 2.75) is 26.4 Å². The molecule has 0 aliphatic rings. The normalized spacial score (nSPS) is 12.1. The molecule has 1 atom stereocenters. The maximum atomic E-state index is 11.1. The average molecular weight is 399 g/mol. The van der Waals surface area contributed by atoms with Crippen LogP contribution in [0.4, 0.5) is 5.69 Å². The molecule has 0 fully saturated rings. The zero-order valence-corrected chi connectivity index (χ0v) is 17.5. The van der Waals surface area contributed by atoms with Gasteiger partial charge in [0.1, 0.15) is 6.10 Å². The summed E-state index contributed by atoms with van der Waals surface area (Å²) in [6.07, 6.45) is 0.778. The molecule has 0 bridgehead atoms. The van der Waals surface area contributed by atoms with E-state index >= 15 is 0 Å². The lowest BCUT2D eigenvalue weighted by atomic mass is 10.1. The van der Waals surface area contributed by atoms with Crippen LogP contribution in [0.2, 0.25) is 0 Å². The molecule has 0 aliphatic carbocycles. The minimum atomic E-state index is -0.0711. The first-order chi connectivity index (χ1) is 14.0. The van der Waals surface area contributed by atoms with Gasteiger partial charge in [-0.25, -0.2) is 0 Å². The van der Waals surface area contributed by atoms with Gasteiger partial charge in [-0.15, -0.1) is 0 Å². The molecule has 2 aromatic rings. The van der Waals surface area contributed by atoms with Gasteiger partial charge in [0, 0.05) is 26.2 Å². The Morgan fingerprint density at radius 3 is 2.38 bits per heavy atom. The predicted octanol–water partition coefficient (Wildman–Crippen LogP) is 2.83. The zero-order valence-electron chi connectivity index (χ0n) is 17.5. The summed E-state index contributed by atoms with van der Waals surface area (Å²) in [5.74, 6) is 2.08. The molecule has 3 N–H and O–H groups in total. The van der Waals surface area contributed by atoms with Gasteiger partial charge < -0.3 is 25.4 Å². The third-order valence-corrected chi connectivity index (χ3v) is 4.16. The van der Waals surface area contributed by atoms with Gasteiger partial charge in [-0.2, -0.15) is 0 Å². The topological polar surface area (TPSA) is 84.0 Å². The molecular weight excluding hydrogens is 368 g/mol. The highest BCUT2D eigenvalue weighted by Gasteiger charge is 2.09. The van der Waals surface area contributed by atoms with Crippen LogP contribution in [0, 0.1) is 0 Å². The van der Waals surface area contributed by atoms with E-state index in [1.54, 1.807) is 14.2 Å². The van der Waals surface area contributed by atoms with Crippen LogP contribution in [-0.4, -0.2) is 45.2 Å². The van der Waals surface area contributed by atoms with Crippen molar-refractivity contribution in [1.29, 1.82) is 0 Å². The van der Waals surface area contributed by atoms with E-state index in [2.05, 4.69) is 20.9 Å². The maximum Gasteiger partial charge on any atom is 0.221 e. The molecule has 0 aromatic heterocycles. The van der Waals surface area contributed by atoms with Gasteiger partial charge in [0.2, 0.25) is 5.91 Å². The van der Waals surface area contributed by atoms with E-state index in [9.17, 15) is 4.79 Å². The van der Waals surface area contributed by atoms with Crippen LogP contribution in [0.25, 0.3) is 0 Å². The summed E-state index contributed by atoms with van der Waals surface area (Å²) in [5, 5.41) is 9.33. The van der Waals surface area contributed by atoms with Gasteiger partial charge in [-0.05, 0) is 43.2 Å². The monoisotopic (exact) mass is 398 g/mol. The van der Waals surface area contributed by atoms with Crippen molar-refractivity contribution >= 4 is 17.6 Å². The Kier molecular flexibility index (Phi) is 8.82. The molecular formula is C22H30N4O3. The van der Waals surface area contributed by atoms with Crippen LogP contribution >= 0.6 is 0 Å². The Morgan fingerprint density at radius 1 is 1.07 bits per heavy atom. The molecule has 29 heavy (non-hydrogen) atoms. The maximum absolute atomic E-state index is 11.1. The first kappa shape index (κ1) is 22.1. The zero-order chi connectivity index (χ0) is 21.1. The van der Waals surface area contributed by atoms with Crippen LogP contribution in [0.3, 0.4) is 0 Å². The van der Waals surface area contributed by atoms with Gasteiger partial charge in [0.15, 0.2) is 17.5 Å². The van der Waals surface area contributed by atoms with Crippen molar-refractivity contribution in [2.24, 2.45) is 4.99 Å². The number of para-hydroxylation sites is 2. The van der Waals surface area contributed by atoms with E-state index < -0.39 is 0 Å². The number of nitrogens with one attached hydrogen (secondary N) is 3. The highest BCUT2D eigenvalue weighted by Crippen LogP contribution is 2.26. The molecule has 156 valence electrons. The Hall–Kier alpha value is -3.22. The van der Waals surface area contributed by atoms with Gasteiger partial charge >= 0.3 is 0 Å². The fourth-order valence-corrected chi connectivity index (χ4v) is 2.72. The van der Waals surface area contributed by atoms with Crippen LogP contribution in [-0.2, 0) is 11.2 Å². The van der Waals surface area contributed by atoms with Crippen molar-refractivity contribution in [3.05, 3.63) is 54.1 Å². The molecule has 7 nitrogen and oxygen atoms in total. The van der Waals surface area contributed by atoms with Crippen LogP contribution in [0.5, 0.6) is 11.5 Å². The van der Waals surface area contributed by atoms with Crippen LogP contribution in [0.15, 0.2) is 53.5 Å². The van der Waals surface area contributed by atoms with E-state index in [0.717, 1.165) is 30.4 Å². The number of methoxy groups -OCH3 is 1. The van der Waals surface area contributed by atoms with Crippen LogP contribution < -0.4 is 25.4 Å². The Morgan fingerprint density at radius 2 is 1.76 bits per heavy atom. The number of rotatable bonds is 9. The molecule has 0 spiro atoms. The quantitative estimate of drug-likeness (QED) is 0.447. The second kappa shape index (κ2) is 11.6. The van der Waals surface area contributed by atoms with E-state index in [-0.39, 0.29) is 12.0 Å². The second-order valence-corrected chi connectivity index (χ2v) is 6.59. The lowest BCUT2D eigenvalue weighted by molar-refractivity contribution is -0.114. The summed E-state index contributed by atoms with van der Waals surface area (Å²) in [7, 11) is 3.37. The highest BCUT2D eigenvalue weighted by molar-refractivity contribution is 5.88. The second-order valence-electron chi connectivity index (χ2n) is 6.59. The summed E-state index contributed by atoms with van der Waals surface area (Å²) >= 11 is 0. The van der Waals surface area contributed by atoms with Gasteiger partial charge in [0.25, 0.3) is 0 Å². The lowest BCUT2D eigenvalue weighted by Crippen LogP contribution is -2.42. The van der Waals surface area contributed by atoms with E-state index in [4.69, 9.17) is 9.47 Å². The number of hydrogen-bond acceptors (Lipinski definition) is 4. The van der Waals surface area contributed by atoms with Crippen molar-refractivity contribution in [2.75, 3.05) is 32.6 Å². The molecule has 2 aromatic carbocycles. The first-order valence-electron chi connectivity index (χ1n) is 9.62. The van der Waals surface area contributed by atoms with Gasteiger partial charge in [-0.3, -0.25) is 9.79 Å². The van der Waals surface area contributed by atoms with E-state index in [1.165, 1.54) is 12.5 Å². The lowest BCUT2D eigenvalue weighted by Gasteiger charge is -2.19. The third kappa shape index (κ3) is 7.73. The number of carbonyl (C=O) groups is 1. The molecule has 1 unspecified atom stereocenters. The molecule has 0 aliphatic heterocycles. The molecule has 0 heterocycles.